The van der Waals surface area contributed by atoms with Gasteiger partial charge in [-0.05, 0) is 18.4 Å². The maximum Gasteiger partial charge on any atom is 0.341 e. The van der Waals surface area contributed by atoms with Gasteiger partial charge in [-0.2, -0.15) is 4.98 Å². The fourth-order valence-electron chi connectivity index (χ4n) is 1.50. The van der Waals surface area contributed by atoms with E-state index in [0.29, 0.717) is 11.3 Å². The average Bonchev–Trinajstić information content (AvgIpc) is 2.74. The average molecular weight is 263 g/mol. The molecule has 0 radical (unpaired) electrons. The van der Waals surface area contributed by atoms with Crippen LogP contribution in [-0.4, -0.2) is 26.9 Å². The Kier molecular flexibility index (Phi) is 3.52. The molecule has 7 heteroatoms. The number of hydrogen-bond acceptors (Lipinski definition) is 5. The van der Waals surface area contributed by atoms with Crippen LogP contribution in [0.5, 0.6) is 11.8 Å². The Hall–Kier alpha value is -2.02. The number of nitrogens with one attached hydrogen (secondary N) is 1. The van der Waals surface area contributed by atoms with Crippen LogP contribution in [0.1, 0.15) is 5.56 Å². The number of thioether (sulfide) groups is 1. The first-order valence-electron chi connectivity index (χ1n) is 5.16. The molecule has 0 bridgehead atoms. The number of ether oxygens (including phenoxy) is 1. The van der Waals surface area contributed by atoms with Crippen molar-refractivity contribution in [2.24, 2.45) is 12.8 Å². The summed E-state index contributed by atoms with van der Waals surface area (Å²) >= 11 is 1.51. The molecule has 2 aromatic rings. The molecule has 1 aromatic heterocycles. The Balaban J connectivity index is 2.41. The molecule has 0 aliphatic heterocycles. The summed E-state index contributed by atoms with van der Waals surface area (Å²) in [7, 11) is 1.75. The van der Waals surface area contributed by atoms with Crippen molar-refractivity contribution >= 4 is 17.6 Å². The molecular formula is C11H13N5OS. The van der Waals surface area contributed by atoms with Gasteiger partial charge in [-0.15, -0.1) is 16.9 Å². The molecule has 6 nitrogen and oxygen atoms in total. The lowest BCUT2D eigenvalue weighted by Crippen LogP contribution is -2.13. The summed E-state index contributed by atoms with van der Waals surface area (Å²) in [4.78, 5) is 4.86. The second-order valence-electron chi connectivity index (χ2n) is 3.55. The summed E-state index contributed by atoms with van der Waals surface area (Å²) in [5.41, 5.74) is 6.16. The Bertz CT molecular complexity index is 581. The molecule has 0 fully saturated rings. The third kappa shape index (κ3) is 2.45. The highest BCUT2D eigenvalue weighted by Crippen LogP contribution is 2.30. The molecule has 1 heterocycles. The van der Waals surface area contributed by atoms with Crippen molar-refractivity contribution in [3.63, 3.8) is 0 Å². The maximum atomic E-state index is 7.63. The van der Waals surface area contributed by atoms with Gasteiger partial charge in [0.15, 0.2) is 0 Å². The van der Waals surface area contributed by atoms with Gasteiger partial charge in [0.05, 0.1) is 5.56 Å². The fourth-order valence-corrected chi connectivity index (χ4v) is 2.13. The molecule has 0 amide bonds. The first-order chi connectivity index (χ1) is 8.61. The molecule has 0 aliphatic carbocycles. The summed E-state index contributed by atoms with van der Waals surface area (Å²) in [6, 6.07) is 5.71. The molecule has 0 atom stereocenters. The standard InChI is InChI=1S/C11H13N5OS/c1-16-6-14-11(15-16)17-7-4-3-5-8(18-2)9(7)10(12)13/h3-6H,1-2H3,(H3,12,13). The first-order valence-corrected chi connectivity index (χ1v) is 6.39. The lowest BCUT2D eigenvalue weighted by Gasteiger charge is -2.10. The van der Waals surface area contributed by atoms with E-state index in [1.54, 1.807) is 24.1 Å². The highest BCUT2D eigenvalue weighted by atomic mass is 32.2. The van der Waals surface area contributed by atoms with E-state index in [4.69, 9.17) is 15.9 Å². The highest BCUT2D eigenvalue weighted by molar-refractivity contribution is 7.98. The van der Waals surface area contributed by atoms with E-state index in [0.717, 1.165) is 4.90 Å². The SMILES string of the molecule is CSc1cccc(Oc2ncn(C)n2)c1C(=N)N. The van der Waals surface area contributed by atoms with Gasteiger partial charge < -0.3 is 10.5 Å². The number of nitrogen functional groups attached to an aromatic ring is 1. The summed E-state index contributed by atoms with van der Waals surface area (Å²) in [6.45, 7) is 0. The second-order valence-corrected chi connectivity index (χ2v) is 4.40. The quantitative estimate of drug-likeness (QED) is 0.497. The van der Waals surface area contributed by atoms with Gasteiger partial charge in [-0.1, -0.05) is 6.07 Å². The fraction of sp³-hybridized carbons (Fsp3) is 0.182. The Labute approximate surface area is 109 Å². The van der Waals surface area contributed by atoms with Crippen molar-refractivity contribution in [2.45, 2.75) is 4.90 Å². The predicted octanol–water partition coefficient (Wildman–Crippen LogP) is 1.61. The van der Waals surface area contributed by atoms with Crippen LogP contribution in [0.2, 0.25) is 0 Å². The number of nitrogens with zero attached hydrogens (tertiary/aromatic N) is 3. The van der Waals surface area contributed by atoms with Gasteiger partial charge in [0.2, 0.25) is 0 Å². The van der Waals surface area contributed by atoms with E-state index in [9.17, 15) is 0 Å². The number of nitrogens with two attached hydrogens (primary N) is 1. The molecule has 1 aromatic carbocycles. The van der Waals surface area contributed by atoms with Gasteiger partial charge >= 0.3 is 6.01 Å². The largest absolute Gasteiger partial charge is 0.422 e. The van der Waals surface area contributed by atoms with Crippen molar-refractivity contribution in [2.75, 3.05) is 6.26 Å². The molecule has 0 saturated carbocycles. The number of benzene rings is 1. The summed E-state index contributed by atoms with van der Waals surface area (Å²) in [5, 5.41) is 11.7. The molecule has 94 valence electrons. The summed E-state index contributed by atoms with van der Waals surface area (Å²) in [5.74, 6) is 0.450. The minimum absolute atomic E-state index is 0.0362. The van der Waals surface area contributed by atoms with E-state index in [1.165, 1.54) is 11.8 Å². The normalized spacial score (nSPS) is 10.3. The Morgan fingerprint density at radius 3 is 2.83 bits per heavy atom. The van der Waals surface area contributed by atoms with E-state index >= 15 is 0 Å². The molecule has 0 unspecified atom stereocenters. The monoisotopic (exact) mass is 263 g/mol. The van der Waals surface area contributed by atoms with Crippen LogP contribution in [0.25, 0.3) is 0 Å². The van der Waals surface area contributed by atoms with Gasteiger partial charge in [0, 0.05) is 11.9 Å². The summed E-state index contributed by atoms with van der Waals surface area (Å²) in [6.07, 6.45) is 3.46. The number of hydrogen-bond donors (Lipinski definition) is 2. The zero-order chi connectivity index (χ0) is 13.1. The van der Waals surface area contributed by atoms with Crippen LogP contribution in [0.4, 0.5) is 0 Å². The lowest BCUT2D eigenvalue weighted by molar-refractivity contribution is 0.437. The highest BCUT2D eigenvalue weighted by Gasteiger charge is 2.14. The van der Waals surface area contributed by atoms with Crippen LogP contribution in [0, 0.1) is 5.41 Å². The van der Waals surface area contributed by atoms with E-state index in [-0.39, 0.29) is 11.8 Å². The van der Waals surface area contributed by atoms with Crippen molar-refractivity contribution < 1.29 is 4.74 Å². The van der Waals surface area contributed by atoms with Crippen LogP contribution in [0.3, 0.4) is 0 Å². The molecule has 0 saturated heterocycles. The van der Waals surface area contributed by atoms with Gasteiger partial charge in [-0.25, -0.2) is 0 Å². The van der Waals surface area contributed by atoms with Crippen molar-refractivity contribution in [3.05, 3.63) is 30.1 Å². The summed E-state index contributed by atoms with van der Waals surface area (Å²) < 4.78 is 7.10. The molecule has 18 heavy (non-hydrogen) atoms. The molecule has 0 spiro atoms. The minimum atomic E-state index is -0.0362. The van der Waals surface area contributed by atoms with Gasteiger partial charge in [0.25, 0.3) is 0 Å². The topological polar surface area (TPSA) is 89.8 Å². The van der Waals surface area contributed by atoms with Crippen molar-refractivity contribution in [1.29, 1.82) is 5.41 Å². The molecule has 2 rings (SSSR count). The minimum Gasteiger partial charge on any atom is -0.422 e. The first kappa shape index (κ1) is 12.4. The zero-order valence-electron chi connectivity index (χ0n) is 10.0. The van der Waals surface area contributed by atoms with Gasteiger partial charge in [-0.3, -0.25) is 10.1 Å². The predicted molar refractivity (Wildman–Crippen MR) is 70.3 cm³/mol. The molecule has 3 N–H and O–H groups in total. The Morgan fingerprint density at radius 1 is 1.50 bits per heavy atom. The number of aryl methyl sites for hydroxylation is 1. The Morgan fingerprint density at radius 2 is 2.28 bits per heavy atom. The molecular weight excluding hydrogens is 250 g/mol. The second kappa shape index (κ2) is 5.09. The van der Waals surface area contributed by atoms with Crippen LogP contribution in [-0.2, 0) is 7.05 Å². The smallest absolute Gasteiger partial charge is 0.341 e. The lowest BCUT2D eigenvalue weighted by atomic mass is 10.2. The van der Waals surface area contributed by atoms with Crippen LogP contribution >= 0.6 is 11.8 Å². The van der Waals surface area contributed by atoms with Crippen molar-refractivity contribution in [3.8, 4) is 11.8 Å². The maximum absolute atomic E-state index is 7.63. The molecule has 0 aliphatic rings. The number of aromatic nitrogens is 3. The van der Waals surface area contributed by atoms with Crippen LogP contribution in [0.15, 0.2) is 29.4 Å². The van der Waals surface area contributed by atoms with E-state index in [1.807, 2.05) is 18.4 Å². The van der Waals surface area contributed by atoms with Crippen LogP contribution < -0.4 is 10.5 Å². The van der Waals surface area contributed by atoms with E-state index < -0.39 is 0 Å². The number of rotatable bonds is 4. The third-order valence-corrected chi connectivity index (χ3v) is 3.04. The third-order valence-electron chi connectivity index (χ3n) is 2.26. The number of amidine groups is 1. The van der Waals surface area contributed by atoms with Crippen molar-refractivity contribution in [1.82, 2.24) is 14.8 Å². The van der Waals surface area contributed by atoms with E-state index in [2.05, 4.69) is 10.1 Å². The van der Waals surface area contributed by atoms with Gasteiger partial charge in [0.1, 0.15) is 17.9 Å². The zero-order valence-corrected chi connectivity index (χ0v) is 10.9.